The molecular weight excluding hydrogens is 266 g/mol. The van der Waals surface area contributed by atoms with E-state index in [2.05, 4.69) is 0 Å². The van der Waals surface area contributed by atoms with Gasteiger partial charge in [-0.05, 0) is 50.5 Å². The van der Waals surface area contributed by atoms with Crippen molar-refractivity contribution in [3.8, 4) is 0 Å². The Morgan fingerprint density at radius 1 is 1.14 bits per heavy atom. The third kappa shape index (κ3) is 3.63. The van der Waals surface area contributed by atoms with Crippen LogP contribution in [0.15, 0.2) is 18.2 Å². The Hall–Kier alpha value is -1.84. The van der Waals surface area contributed by atoms with Gasteiger partial charge in [0.15, 0.2) is 0 Å². The highest BCUT2D eigenvalue weighted by Crippen LogP contribution is 2.24. The van der Waals surface area contributed by atoms with Crippen molar-refractivity contribution in [2.75, 3.05) is 6.54 Å². The summed E-state index contributed by atoms with van der Waals surface area (Å²) in [5.74, 6) is -1.04. The van der Waals surface area contributed by atoms with Gasteiger partial charge in [-0.3, -0.25) is 4.79 Å². The van der Waals surface area contributed by atoms with Crippen LogP contribution in [0.2, 0.25) is 0 Å². The van der Waals surface area contributed by atoms with Crippen LogP contribution in [-0.4, -0.2) is 34.5 Å². The SMILES string of the molecule is CCN(C(=O)c1cc(C)cc(C(=O)O)c1)C1CCCCC1. The average Bonchev–Trinajstić information content (AvgIpc) is 2.48. The molecule has 0 aliphatic heterocycles. The normalized spacial score (nSPS) is 15.7. The molecule has 21 heavy (non-hydrogen) atoms. The molecule has 114 valence electrons. The molecule has 1 saturated carbocycles. The van der Waals surface area contributed by atoms with E-state index in [-0.39, 0.29) is 11.5 Å². The van der Waals surface area contributed by atoms with E-state index in [1.54, 1.807) is 12.1 Å². The Balaban J connectivity index is 2.26. The zero-order chi connectivity index (χ0) is 15.4. The summed E-state index contributed by atoms with van der Waals surface area (Å²) in [6, 6.07) is 5.16. The monoisotopic (exact) mass is 289 g/mol. The lowest BCUT2D eigenvalue weighted by molar-refractivity contribution is 0.0648. The molecule has 1 N–H and O–H groups in total. The fourth-order valence-corrected chi connectivity index (χ4v) is 3.16. The van der Waals surface area contributed by atoms with Crippen LogP contribution < -0.4 is 0 Å². The number of carboxylic acids is 1. The molecule has 0 heterocycles. The summed E-state index contributed by atoms with van der Waals surface area (Å²) in [5.41, 5.74) is 1.47. The van der Waals surface area contributed by atoms with Crippen LogP contribution in [0.25, 0.3) is 0 Å². The van der Waals surface area contributed by atoms with Crippen molar-refractivity contribution in [2.24, 2.45) is 0 Å². The van der Waals surface area contributed by atoms with E-state index in [1.807, 2.05) is 18.7 Å². The highest BCUT2D eigenvalue weighted by molar-refractivity contribution is 5.98. The molecule has 0 unspecified atom stereocenters. The van der Waals surface area contributed by atoms with Gasteiger partial charge < -0.3 is 10.0 Å². The summed E-state index contributed by atoms with van der Waals surface area (Å²) in [7, 11) is 0. The number of aromatic carboxylic acids is 1. The maximum Gasteiger partial charge on any atom is 0.335 e. The van der Waals surface area contributed by atoms with Crippen LogP contribution in [0.3, 0.4) is 0 Å². The number of carbonyl (C=O) groups is 2. The van der Waals surface area contributed by atoms with E-state index in [0.29, 0.717) is 18.2 Å². The third-order valence-electron chi connectivity index (χ3n) is 4.19. The minimum Gasteiger partial charge on any atom is -0.478 e. The summed E-state index contributed by atoms with van der Waals surface area (Å²) >= 11 is 0. The summed E-state index contributed by atoms with van der Waals surface area (Å²) in [6.45, 7) is 4.47. The zero-order valence-electron chi connectivity index (χ0n) is 12.8. The largest absolute Gasteiger partial charge is 0.478 e. The molecule has 1 aromatic carbocycles. The Labute approximate surface area is 125 Å². The minimum atomic E-state index is -0.992. The van der Waals surface area contributed by atoms with Gasteiger partial charge in [0.05, 0.1) is 5.56 Å². The first-order chi connectivity index (χ1) is 10.0. The number of carbonyl (C=O) groups excluding carboxylic acids is 1. The van der Waals surface area contributed by atoms with Crippen molar-refractivity contribution in [2.45, 2.75) is 52.0 Å². The van der Waals surface area contributed by atoms with Gasteiger partial charge in [0.25, 0.3) is 5.91 Å². The number of benzene rings is 1. The lowest BCUT2D eigenvalue weighted by atomic mass is 9.93. The number of hydrogen-bond acceptors (Lipinski definition) is 2. The second kappa shape index (κ2) is 6.74. The minimum absolute atomic E-state index is 0.0457. The second-order valence-electron chi connectivity index (χ2n) is 5.78. The van der Waals surface area contributed by atoms with E-state index in [9.17, 15) is 9.59 Å². The Bertz CT molecular complexity index is 533. The number of rotatable bonds is 4. The lowest BCUT2D eigenvalue weighted by Gasteiger charge is -2.33. The maximum atomic E-state index is 12.7. The first kappa shape index (κ1) is 15.5. The Kier molecular flexibility index (Phi) is 4.99. The van der Waals surface area contributed by atoms with E-state index in [1.165, 1.54) is 25.3 Å². The summed E-state index contributed by atoms with van der Waals surface area (Å²) < 4.78 is 0. The van der Waals surface area contributed by atoms with Crippen molar-refractivity contribution < 1.29 is 14.7 Å². The molecule has 0 radical (unpaired) electrons. The quantitative estimate of drug-likeness (QED) is 0.923. The lowest BCUT2D eigenvalue weighted by Crippen LogP contribution is -2.41. The Morgan fingerprint density at radius 2 is 1.76 bits per heavy atom. The third-order valence-corrected chi connectivity index (χ3v) is 4.19. The van der Waals surface area contributed by atoms with Crippen LogP contribution >= 0.6 is 0 Å². The average molecular weight is 289 g/mol. The summed E-state index contributed by atoms with van der Waals surface area (Å²) in [4.78, 5) is 25.8. The molecule has 1 amide bonds. The Morgan fingerprint density at radius 3 is 2.33 bits per heavy atom. The molecule has 4 nitrogen and oxygen atoms in total. The first-order valence-corrected chi connectivity index (χ1v) is 7.69. The molecule has 1 fully saturated rings. The molecule has 1 aliphatic carbocycles. The molecule has 0 saturated heterocycles. The van der Waals surface area contributed by atoms with Gasteiger partial charge in [0.2, 0.25) is 0 Å². The van der Waals surface area contributed by atoms with Crippen LogP contribution in [-0.2, 0) is 0 Å². The van der Waals surface area contributed by atoms with E-state index in [0.717, 1.165) is 18.4 Å². The number of aryl methyl sites for hydroxylation is 1. The molecule has 0 bridgehead atoms. The topological polar surface area (TPSA) is 57.6 Å². The summed E-state index contributed by atoms with van der Waals surface area (Å²) in [5, 5.41) is 9.14. The van der Waals surface area contributed by atoms with Gasteiger partial charge in [-0.15, -0.1) is 0 Å². The zero-order valence-corrected chi connectivity index (χ0v) is 12.8. The predicted octanol–water partition coefficient (Wildman–Crippen LogP) is 3.49. The van der Waals surface area contributed by atoms with E-state index < -0.39 is 5.97 Å². The van der Waals surface area contributed by atoms with Crippen molar-refractivity contribution in [3.63, 3.8) is 0 Å². The highest BCUT2D eigenvalue weighted by Gasteiger charge is 2.25. The molecule has 0 spiro atoms. The van der Waals surface area contributed by atoms with Crippen LogP contribution in [0.1, 0.15) is 65.3 Å². The van der Waals surface area contributed by atoms with Gasteiger partial charge in [-0.2, -0.15) is 0 Å². The van der Waals surface area contributed by atoms with Crippen molar-refractivity contribution in [3.05, 3.63) is 34.9 Å². The number of hydrogen-bond donors (Lipinski definition) is 1. The molecule has 0 aromatic heterocycles. The number of nitrogens with zero attached hydrogens (tertiary/aromatic N) is 1. The summed E-state index contributed by atoms with van der Waals surface area (Å²) in [6.07, 6.45) is 5.69. The van der Waals surface area contributed by atoms with Crippen molar-refractivity contribution in [1.29, 1.82) is 0 Å². The van der Waals surface area contributed by atoms with Crippen LogP contribution in [0, 0.1) is 6.92 Å². The second-order valence-corrected chi connectivity index (χ2v) is 5.78. The van der Waals surface area contributed by atoms with Crippen molar-refractivity contribution in [1.82, 2.24) is 4.90 Å². The molecule has 0 atom stereocenters. The highest BCUT2D eigenvalue weighted by atomic mass is 16.4. The van der Waals surface area contributed by atoms with Crippen molar-refractivity contribution >= 4 is 11.9 Å². The fraction of sp³-hybridized carbons (Fsp3) is 0.529. The molecule has 1 aromatic rings. The molecular formula is C17H23NO3. The fourth-order valence-electron chi connectivity index (χ4n) is 3.16. The van der Waals surface area contributed by atoms with Gasteiger partial charge in [0.1, 0.15) is 0 Å². The standard InChI is InChI=1S/C17H23NO3/c1-3-18(15-7-5-4-6-8-15)16(19)13-9-12(2)10-14(11-13)17(20)21/h9-11,15H,3-8H2,1-2H3,(H,20,21). The predicted molar refractivity (Wildman–Crippen MR) is 81.7 cm³/mol. The smallest absolute Gasteiger partial charge is 0.335 e. The van der Waals surface area contributed by atoms with Gasteiger partial charge in [-0.25, -0.2) is 4.79 Å². The van der Waals surface area contributed by atoms with Gasteiger partial charge in [0, 0.05) is 18.2 Å². The van der Waals surface area contributed by atoms with Gasteiger partial charge in [-0.1, -0.05) is 19.3 Å². The molecule has 2 rings (SSSR count). The van der Waals surface area contributed by atoms with Crippen LogP contribution in [0.4, 0.5) is 0 Å². The maximum absolute atomic E-state index is 12.7. The molecule has 4 heteroatoms. The number of carboxylic acid groups (broad SMARTS) is 1. The molecule has 1 aliphatic rings. The van der Waals surface area contributed by atoms with Crippen LogP contribution in [0.5, 0.6) is 0 Å². The van der Waals surface area contributed by atoms with E-state index >= 15 is 0 Å². The van der Waals surface area contributed by atoms with E-state index in [4.69, 9.17) is 5.11 Å². The van der Waals surface area contributed by atoms with Gasteiger partial charge >= 0.3 is 5.97 Å². The first-order valence-electron chi connectivity index (χ1n) is 7.69. The number of amides is 1.